The summed E-state index contributed by atoms with van der Waals surface area (Å²) >= 11 is 5.88. The molecule has 1 heterocycles. The van der Waals surface area contributed by atoms with Gasteiger partial charge in [-0.05, 0) is 25.1 Å². The molecular formula is C11H10ClNO2. The van der Waals surface area contributed by atoms with Crippen LogP contribution in [0.4, 0.5) is 0 Å². The van der Waals surface area contributed by atoms with E-state index in [0.717, 1.165) is 16.6 Å². The molecule has 1 aromatic carbocycles. The number of halogens is 1. The topological polar surface area (TPSA) is 42.1 Å². The lowest BCUT2D eigenvalue weighted by Gasteiger charge is -1.98. The van der Waals surface area contributed by atoms with Gasteiger partial charge in [0.25, 0.3) is 0 Å². The van der Waals surface area contributed by atoms with Crippen molar-refractivity contribution in [2.24, 2.45) is 0 Å². The molecule has 0 radical (unpaired) electrons. The molecule has 0 saturated heterocycles. The molecule has 78 valence electrons. The Bertz CT molecular complexity index is 531. The van der Waals surface area contributed by atoms with E-state index in [0.29, 0.717) is 10.6 Å². The number of carbonyl (C=O) groups excluding carboxylic acids is 1. The predicted molar refractivity (Wildman–Crippen MR) is 59.4 cm³/mol. The Kier molecular flexibility index (Phi) is 2.40. The number of hydrogen-bond acceptors (Lipinski definition) is 2. The Morgan fingerprint density at radius 3 is 2.87 bits per heavy atom. The number of aromatic nitrogens is 1. The fourth-order valence-electron chi connectivity index (χ4n) is 1.66. The fraction of sp³-hybridized carbons (Fsp3) is 0.182. The van der Waals surface area contributed by atoms with Gasteiger partial charge in [-0.25, -0.2) is 4.79 Å². The van der Waals surface area contributed by atoms with E-state index in [4.69, 9.17) is 16.3 Å². The van der Waals surface area contributed by atoms with Crippen molar-refractivity contribution >= 4 is 28.5 Å². The number of rotatable bonds is 1. The summed E-state index contributed by atoms with van der Waals surface area (Å²) in [5.41, 5.74) is 2.23. The molecule has 1 aromatic heterocycles. The molecule has 15 heavy (non-hydrogen) atoms. The van der Waals surface area contributed by atoms with Crippen molar-refractivity contribution in [2.45, 2.75) is 6.92 Å². The van der Waals surface area contributed by atoms with Crippen LogP contribution in [0.3, 0.4) is 0 Å². The zero-order valence-corrected chi connectivity index (χ0v) is 9.18. The monoisotopic (exact) mass is 223 g/mol. The standard InChI is InChI=1S/C11H10ClNO2/c1-6-10(11(14)15-2)8-5-7(12)3-4-9(8)13-6/h3-5,13H,1-2H3. The first-order chi connectivity index (χ1) is 7.13. The number of benzene rings is 1. The maximum Gasteiger partial charge on any atom is 0.340 e. The largest absolute Gasteiger partial charge is 0.465 e. The summed E-state index contributed by atoms with van der Waals surface area (Å²) in [6, 6.07) is 5.38. The summed E-state index contributed by atoms with van der Waals surface area (Å²) in [5.74, 6) is -0.346. The van der Waals surface area contributed by atoms with Gasteiger partial charge in [0, 0.05) is 21.6 Å². The molecule has 0 unspecified atom stereocenters. The van der Waals surface area contributed by atoms with Crippen molar-refractivity contribution in [3.8, 4) is 0 Å². The summed E-state index contributed by atoms with van der Waals surface area (Å²) in [6.07, 6.45) is 0. The van der Waals surface area contributed by atoms with Gasteiger partial charge >= 0.3 is 5.97 Å². The smallest absolute Gasteiger partial charge is 0.340 e. The number of methoxy groups -OCH3 is 1. The minimum atomic E-state index is -0.346. The first-order valence-electron chi connectivity index (χ1n) is 4.49. The molecular weight excluding hydrogens is 214 g/mol. The van der Waals surface area contributed by atoms with E-state index in [-0.39, 0.29) is 5.97 Å². The third kappa shape index (κ3) is 1.59. The second-order valence-electron chi connectivity index (χ2n) is 3.31. The first kappa shape index (κ1) is 10.1. The molecule has 0 aliphatic heterocycles. The van der Waals surface area contributed by atoms with Gasteiger partial charge in [-0.15, -0.1) is 0 Å². The van der Waals surface area contributed by atoms with E-state index in [9.17, 15) is 4.79 Å². The highest BCUT2D eigenvalue weighted by molar-refractivity contribution is 6.31. The minimum Gasteiger partial charge on any atom is -0.465 e. The van der Waals surface area contributed by atoms with Crippen LogP contribution in [0.2, 0.25) is 5.02 Å². The van der Waals surface area contributed by atoms with Gasteiger partial charge in [0.15, 0.2) is 0 Å². The average Bonchev–Trinajstić information content (AvgIpc) is 2.52. The lowest BCUT2D eigenvalue weighted by atomic mass is 10.1. The normalized spacial score (nSPS) is 10.6. The molecule has 0 amide bonds. The third-order valence-corrected chi connectivity index (χ3v) is 2.57. The molecule has 0 fully saturated rings. The summed E-state index contributed by atoms with van der Waals surface area (Å²) in [7, 11) is 1.37. The van der Waals surface area contributed by atoms with Gasteiger partial charge < -0.3 is 9.72 Å². The van der Waals surface area contributed by atoms with E-state index >= 15 is 0 Å². The van der Waals surface area contributed by atoms with Gasteiger partial charge in [0.2, 0.25) is 0 Å². The van der Waals surface area contributed by atoms with E-state index in [2.05, 4.69) is 4.98 Å². The zero-order valence-electron chi connectivity index (χ0n) is 8.43. The van der Waals surface area contributed by atoms with Crippen LogP contribution in [0, 0.1) is 6.92 Å². The number of esters is 1. The van der Waals surface area contributed by atoms with Crippen LogP contribution in [0.5, 0.6) is 0 Å². The van der Waals surface area contributed by atoms with Crippen LogP contribution in [0.15, 0.2) is 18.2 Å². The summed E-state index contributed by atoms with van der Waals surface area (Å²) in [6.45, 7) is 1.83. The summed E-state index contributed by atoms with van der Waals surface area (Å²) in [5, 5.41) is 1.40. The quantitative estimate of drug-likeness (QED) is 0.756. The molecule has 2 aromatic rings. The molecule has 4 heteroatoms. The van der Waals surface area contributed by atoms with Crippen LogP contribution in [0.1, 0.15) is 16.1 Å². The predicted octanol–water partition coefficient (Wildman–Crippen LogP) is 2.92. The molecule has 0 saturated carbocycles. The Labute approximate surface area is 92.0 Å². The molecule has 2 rings (SSSR count). The van der Waals surface area contributed by atoms with Crippen LogP contribution in [-0.2, 0) is 4.74 Å². The van der Waals surface area contributed by atoms with E-state index in [1.165, 1.54) is 7.11 Å². The van der Waals surface area contributed by atoms with Crippen molar-refractivity contribution in [2.75, 3.05) is 7.11 Å². The Morgan fingerprint density at radius 2 is 2.20 bits per heavy atom. The van der Waals surface area contributed by atoms with Crippen molar-refractivity contribution in [1.82, 2.24) is 4.98 Å². The molecule has 0 aliphatic carbocycles. The van der Waals surface area contributed by atoms with E-state index in [1.807, 2.05) is 13.0 Å². The highest BCUT2D eigenvalue weighted by Crippen LogP contribution is 2.25. The Morgan fingerprint density at radius 1 is 1.47 bits per heavy atom. The first-order valence-corrected chi connectivity index (χ1v) is 4.87. The number of carbonyl (C=O) groups is 1. The summed E-state index contributed by atoms with van der Waals surface area (Å²) < 4.78 is 4.72. The number of aromatic amines is 1. The molecule has 3 nitrogen and oxygen atoms in total. The summed E-state index contributed by atoms with van der Waals surface area (Å²) in [4.78, 5) is 14.6. The van der Waals surface area contributed by atoms with Gasteiger partial charge in [-0.2, -0.15) is 0 Å². The zero-order chi connectivity index (χ0) is 11.0. The SMILES string of the molecule is COC(=O)c1c(C)[nH]c2ccc(Cl)cc12. The second kappa shape index (κ2) is 3.59. The van der Waals surface area contributed by atoms with E-state index < -0.39 is 0 Å². The van der Waals surface area contributed by atoms with Crippen molar-refractivity contribution in [3.63, 3.8) is 0 Å². The minimum absolute atomic E-state index is 0.346. The molecule has 0 bridgehead atoms. The number of hydrogen-bond donors (Lipinski definition) is 1. The van der Waals surface area contributed by atoms with E-state index in [1.54, 1.807) is 12.1 Å². The van der Waals surface area contributed by atoms with Crippen molar-refractivity contribution in [1.29, 1.82) is 0 Å². The second-order valence-corrected chi connectivity index (χ2v) is 3.74. The third-order valence-electron chi connectivity index (χ3n) is 2.34. The van der Waals surface area contributed by atoms with Crippen LogP contribution in [-0.4, -0.2) is 18.1 Å². The molecule has 0 atom stereocenters. The lowest BCUT2D eigenvalue weighted by Crippen LogP contribution is -2.01. The number of ether oxygens (including phenoxy) is 1. The maximum absolute atomic E-state index is 11.5. The number of H-pyrrole nitrogens is 1. The Balaban J connectivity index is 2.76. The average molecular weight is 224 g/mol. The van der Waals surface area contributed by atoms with Crippen LogP contribution >= 0.6 is 11.6 Å². The van der Waals surface area contributed by atoms with Crippen molar-refractivity contribution < 1.29 is 9.53 Å². The van der Waals surface area contributed by atoms with Gasteiger partial charge in [-0.1, -0.05) is 11.6 Å². The highest BCUT2D eigenvalue weighted by atomic mass is 35.5. The Hall–Kier alpha value is -1.48. The molecule has 0 spiro atoms. The molecule has 0 aliphatic rings. The fourth-order valence-corrected chi connectivity index (χ4v) is 1.84. The van der Waals surface area contributed by atoms with Crippen molar-refractivity contribution in [3.05, 3.63) is 34.5 Å². The lowest BCUT2D eigenvalue weighted by molar-refractivity contribution is 0.0602. The van der Waals surface area contributed by atoms with Gasteiger partial charge in [-0.3, -0.25) is 0 Å². The number of aryl methyl sites for hydroxylation is 1. The maximum atomic E-state index is 11.5. The van der Waals surface area contributed by atoms with Gasteiger partial charge in [0.1, 0.15) is 0 Å². The van der Waals surface area contributed by atoms with Crippen LogP contribution < -0.4 is 0 Å². The highest BCUT2D eigenvalue weighted by Gasteiger charge is 2.16. The van der Waals surface area contributed by atoms with Gasteiger partial charge in [0.05, 0.1) is 12.7 Å². The number of nitrogens with one attached hydrogen (secondary N) is 1. The number of fused-ring (bicyclic) bond motifs is 1. The molecule has 1 N–H and O–H groups in total. The van der Waals surface area contributed by atoms with Crippen LogP contribution in [0.25, 0.3) is 10.9 Å².